The summed E-state index contributed by atoms with van der Waals surface area (Å²) < 4.78 is 0. The molecule has 5 heteroatoms. The molecular formula is C21H34N4O. The molecule has 1 amide bonds. The highest BCUT2D eigenvalue weighted by Crippen LogP contribution is 2.28. The number of carbonyl (C=O) groups excluding carboxylic acids is 1. The molecule has 0 spiro atoms. The highest BCUT2D eigenvalue weighted by Gasteiger charge is 2.21. The Balaban J connectivity index is 1.92. The van der Waals surface area contributed by atoms with E-state index in [1.54, 1.807) is 19.0 Å². The maximum Gasteiger partial charge on any atom is 0.253 e. The van der Waals surface area contributed by atoms with Gasteiger partial charge in [-0.2, -0.15) is 0 Å². The van der Waals surface area contributed by atoms with Gasteiger partial charge in [-0.1, -0.05) is 38.3 Å². The number of amides is 1. The van der Waals surface area contributed by atoms with Gasteiger partial charge in [-0.15, -0.1) is 0 Å². The lowest BCUT2D eigenvalue weighted by atomic mass is 9.80. The van der Waals surface area contributed by atoms with Gasteiger partial charge in [0.25, 0.3) is 5.91 Å². The van der Waals surface area contributed by atoms with E-state index in [9.17, 15) is 4.79 Å². The van der Waals surface area contributed by atoms with Gasteiger partial charge in [-0.25, -0.2) is 4.99 Å². The van der Waals surface area contributed by atoms with E-state index in [4.69, 9.17) is 4.99 Å². The van der Waals surface area contributed by atoms with Crippen LogP contribution in [0.25, 0.3) is 0 Å². The molecule has 0 radical (unpaired) electrons. The van der Waals surface area contributed by atoms with Crippen molar-refractivity contribution in [1.29, 1.82) is 0 Å². The third kappa shape index (κ3) is 6.04. The van der Waals surface area contributed by atoms with Gasteiger partial charge in [-0.05, 0) is 42.9 Å². The molecule has 2 unspecified atom stereocenters. The monoisotopic (exact) mass is 358 g/mol. The van der Waals surface area contributed by atoms with Crippen LogP contribution in [0.3, 0.4) is 0 Å². The summed E-state index contributed by atoms with van der Waals surface area (Å²) in [4.78, 5) is 18.2. The number of carbonyl (C=O) groups is 1. The van der Waals surface area contributed by atoms with E-state index >= 15 is 0 Å². The van der Waals surface area contributed by atoms with Gasteiger partial charge in [0.15, 0.2) is 5.96 Å². The molecule has 2 rings (SSSR count). The zero-order valence-electron chi connectivity index (χ0n) is 16.7. The Labute approximate surface area is 158 Å². The van der Waals surface area contributed by atoms with Crippen LogP contribution in [0.15, 0.2) is 29.3 Å². The molecule has 1 aromatic rings. The lowest BCUT2D eigenvalue weighted by Gasteiger charge is -2.29. The average Bonchev–Trinajstić information content (AvgIpc) is 2.65. The predicted octanol–water partition coefficient (Wildman–Crippen LogP) is 3.27. The van der Waals surface area contributed by atoms with Gasteiger partial charge in [-0.3, -0.25) is 4.79 Å². The van der Waals surface area contributed by atoms with Crippen molar-refractivity contribution < 1.29 is 4.79 Å². The molecule has 1 aromatic carbocycles. The Morgan fingerprint density at radius 1 is 1.15 bits per heavy atom. The third-order valence-corrected chi connectivity index (χ3v) is 5.19. The fraction of sp³-hybridized carbons (Fsp3) is 0.619. The topological polar surface area (TPSA) is 56.7 Å². The molecular weight excluding hydrogens is 324 g/mol. The van der Waals surface area contributed by atoms with E-state index in [-0.39, 0.29) is 5.91 Å². The molecule has 1 fully saturated rings. The second-order valence-electron chi connectivity index (χ2n) is 7.49. The normalized spacial score (nSPS) is 20.5. The zero-order valence-corrected chi connectivity index (χ0v) is 16.7. The summed E-state index contributed by atoms with van der Waals surface area (Å²) in [6.07, 6.45) is 5.38. The van der Waals surface area contributed by atoms with Crippen molar-refractivity contribution in [2.24, 2.45) is 16.8 Å². The molecule has 0 aliphatic heterocycles. The van der Waals surface area contributed by atoms with E-state index in [1.165, 1.54) is 25.7 Å². The van der Waals surface area contributed by atoms with Crippen LogP contribution in [0.1, 0.15) is 55.5 Å². The predicted molar refractivity (Wildman–Crippen MR) is 108 cm³/mol. The Hall–Kier alpha value is -2.04. The largest absolute Gasteiger partial charge is 0.357 e. The number of nitrogens with one attached hydrogen (secondary N) is 2. The van der Waals surface area contributed by atoms with Gasteiger partial charge >= 0.3 is 0 Å². The second kappa shape index (κ2) is 10.2. The number of hydrogen-bond donors (Lipinski definition) is 2. The lowest BCUT2D eigenvalue weighted by molar-refractivity contribution is 0.0827. The molecule has 1 aliphatic carbocycles. The molecule has 5 nitrogen and oxygen atoms in total. The average molecular weight is 359 g/mol. The number of rotatable bonds is 6. The number of aliphatic imine (C=N–C) groups is 1. The molecule has 26 heavy (non-hydrogen) atoms. The smallest absolute Gasteiger partial charge is 0.253 e. The van der Waals surface area contributed by atoms with Crippen LogP contribution in [-0.4, -0.2) is 44.0 Å². The Morgan fingerprint density at radius 2 is 1.85 bits per heavy atom. The fourth-order valence-electron chi connectivity index (χ4n) is 3.45. The minimum Gasteiger partial charge on any atom is -0.357 e. The number of guanidine groups is 1. The second-order valence-corrected chi connectivity index (χ2v) is 7.49. The van der Waals surface area contributed by atoms with Crippen LogP contribution in [0.4, 0.5) is 0 Å². The van der Waals surface area contributed by atoms with Gasteiger partial charge < -0.3 is 15.5 Å². The highest BCUT2D eigenvalue weighted by atomic mass is 16.2. The van der Waals surface area contributed by atoms with Crippen LogP contribution in [0, 0.1) is 11.8 Å². The highest BCUT2D eigenvalue weighted by molar-refractivity contribution is 5.93. The van der Waals surface area contributed by atoms with Crippen molar-refractivity contribution in [3.05, 3.63) is 35.4 Å². The van der Waals surface area contributed by atoms with E-state index in [1.807, 2.05) is 24.3 Å². The third-order valence-electron chi connectivity index (χ3n) is 5.19. The first-order chi connectivity index (χ1) is 12.5. The summed E-state index contributed by atoms with van der Waals surface area (Å²) in [6.45, 7) is 6.89. The molecule has 0 saturated heterocycles. The van der Waals surface area contributed by atoms with Crippen molar-refractivity contribution >= 4 is 11.9 Å². The first-order valence-corrected chi connectivity index (χ1v) is 9.84. The van der Waals surface area contributed by atoms with Gasteiger partial charge in [0.2, 0.25) is 0 Å². The lowest BCUT2D eigenvalue weighted by Crippen LogP contribution is -2.41. The molecule has 1 aliphatic rings. The number of nitrogens with zero attached hydrogens (tertiary/aromatic N) is 2. The van der Waals surface area contributed by atoms with Crippen LogP contribution in [-0.2, 0) is 6.54 Å². The molecule has 2 atom stereocenters. The Morgan fingerprint density at radius 3 is 2.46 bits per heavy atom. The number of hydrogen-bond acceptors (Lipinski definition) is 2. The first kappa shape index (κ1) is 20.3. The zero-order chi connectivity index (χ0) is 18.9. The molecule has 2 N–H and O–H groups in total. The van der Waals surface area contributed by atoms with Crippen molar-refractivity contribution in [1.82, 2.24) is 15.5 Å². The molecule has 0 aromatic heterocycles. The maximum absolute atomic E-state index is 11.9. The Bertz CT molecular complexity index is 595. The minimum absolute atomic E-state index is 0.0247. The van der Waals surface area contributed by atoms with Crippen molar-refractivity contribution in [2.45, 2.75) is 46.1 Å². The van der Waals surface area contributed by atoms with E-state index in [2.05, 4.69) is 24.5 Å². The van der Waals surface area contributed by atoms with Gasteiger partial charge in [0.05, 0.1) is 6.54 Å². The molecule has 0 heterocycles. The van der Waals surface area contributed by atoms with Crippen molar-refractivity contribution in [3.63, 3.8) is 0 Å². The van der Waals surface area contributed by atoms with E-state index in [0.717, 1.165) is 36.4 Å². The summed E-state index contributed by atoms with van der Waals surface area (Å²) >= 11 is 0. The van der Waals surface area contributed by atoms with Crippen LogP contribution < -0.4 is 10.6 Å². The molecule has 144 valence electrons. The summed E-state index contributed by atoms with van der Waals surface area (Å²) in [5, 5.41) is 6.84. The Kier molecular flexibility index (Phi) is 7.95. The standard InChI is InChI=1S/C21H34N4O/c1-5-22-21(24-15-19-9-7-6-8-16(19)2)23-14-17-10-12-18(13-11-17)20(26)25(3)4/h10-13,16,19H,5-9,14-15H2,1-4H3,(H2,22,23,24). The van der Waals surface area contributed by atoms with Crippen LogP contribution in [0.2, 0.25) is 0 Å². The summed E-state index contributed by atoms with van der Waals surface area (Å²) in [5.41, 5.74) is 1.81. The maximum atomic E-state index is 11.9. The fourth-order valence-corrected chi connectivity index (χ4v) is 3.45. The van der Waals surface area contributed by atoms with E-state index in [0.29, 0.717) is 12.1 Å². The van der Waals surface area contributed by atoms with Crippen molar-refractivity contribution in [2.75, 3.05) is 27.2 Å². The van der Waals surface area contributed by atoms with Crippen LogP contribution >= 0.6 is 0 Å². The van der Waals surface area contributed by atoms with Crippen LogP contribution in [0.5, 0.6) is 0 Å². The van der Waals surface area contributed by atoms with Crippen molar-refractivity contribution in [3.8, 4) is 0 Å². The SMILES string of the molecule is CCNC(=NCc1ccc(C(=O)N(C)C)cc1)NCC1CCCCC1C. The molecule has 0 bridgehead atoms. The number of benzene rings is 1. The summed E-state index contributed by atoms with van der Waals surface area (Å²) in [7, 11) is 3.53. The summed E-state index contributed by atoms with van der Waals surface area (Å²) in [5.74, 6) is 2.43. The quantitative estimate of drug-likeness (QED) is 0.606. The summed E-state index contributed by atoms with van der Waals surface area (Å²) in [6, 6.07) is 7.70. The van der Waals surface area contributed by atoms with Gasteiger partial charge in [0.1, 0.15) is 0 Å². The first-order valence-electron chi connectivity index (χ1n) is 9.84. The minimum atomic E-state index is 0.0247. The van der Waals surface area contributed by atoms with E-state index < -0.39 is 0 Å². The van der Waals surface area contributed by atoms with Gasteiger partial charge in [0, 0.05) is 32.7 Å². The molecule has 1 saturated carbocycles.